The van der Waals surface area contributed by atoms with E-state index in [1.54, 1.807) is 13.8 Å². The van der Waals surface area contributed by atoms with Crippen LogP contribution in [-0.4, -0.2) is 102 Å². The van der Waals surface area contributed by atoms with Gasteiger partial charge in [-0.15, -0.1) is 0 Å². The summed E-state index contributed by atoms with van der Waals surface area (Å²) in [6, 6.07) is 0. The number of esters is 2. The molecule has 4 rings (SSSR count). The summed E-state index contributed by atoms with van der Waals surface area (Å²) in [4.78, 5) is 76.2. The molecular weight excluding hydrogens is 680 g/mol. The van der Waals surface area contributed by atoms with Gasteiger partial charge < -0.3 is 39.2 Å². The number of amides is 3. The third-order valence-corrected chi connectivity index (χ3v) is 9.17. The Morgan fingerprint density at radius 1 is 1.19 bits per heavy atom. The quantitative estimate of drug-likeness (QED) is 0.0705. The lowest BCUT2D eigenvalue weighted by molar-refractivity contribution is -0.166. The minimum Gasteiger partial charge on any atom is -0.465 e. The molecule has 0 aliphatic carbocycles. The fourth-order valence-corrected chi connectivity index (χ4v) is 6.26. The first-order valence-corrected chi connectivity index (χ1v) is 17.6. The first kappa shape index (κ1) is 42.2. The Hall–Kier alpha value is -4.18. The Labute approximate surface area is 303 Å². The van der Waals surface area contributed by atoms with Crippen LogP contribution in [0.3, 0.4) is 0 Å². The fraction of sp³-hybridized carbons (Fsp3) is 0.622. The Balaban J connectivity index is 1.86. The van der Waals surface area contributed by atoms with Gasteiger partial charge in [0.05, 0.1) is 18.6 Å². The van der Waals surface area contributed by atoms with Gasteiger partial charge in [-0.05, 0) is 38.2 Å². The smallest absolute Gasteiger partial charge is 0.414 e. The first-order valence-electron chi connectivity index (χ1n) is 17.6. The van der Waals surface area contributed by atoms with Gasteiger partial charge in [0.15, 0.2) is 18.0 Å². The molecule has 0 aromatic heterocycles. The lowest BCUT2D eigenvalue weighted by atomic mass is 9.81. The van der Waals surface area contributed by atoms with E-state index in [-0.39, 0.29) is 43.3 Å². The van der Waals surface area contributed by atoms with Crippen LogP contribution < -0.4 is 10.6 Å². The topological polar surface area (TPSA) is 216 Å². The average Bonchev–Trinajstić information content (AvgIpc) is 3.86. The van der Waals surface area contributed by atoms with Crippen molar-refractivity contribution in [2.45, 2.75) is 122 Å². The summed E-state index contributed by atoms with van der Waals surface area (Å²) in [5.41, 5.74) is -0.913. The average molecular weight is 733 g/mol. The third-order valence-electron chi connectivity index (χ3n) is 9.17. The van der Waals surface area contributed by atoms with Gasteiger partial charge in [-0.25, -0.2) is 9.59 Å². The molecule has 15 heteroatoms. The van der Waals surface area contributed by atoms with Crippen LogP contribution in [0.5, 0.6) is 0 Å². The molecule has 4 N–H and O–H groups in total. The van der Waals surface area contributed by atoms with E-state index >= 15 is 0 Å². The van der Waals surface area contributed by atoms with E-state index in [2.05, 4.69) is 12.2 Å². The molecule has 2 saturated heterocycles. The number of carbonyl (C=O) groups is 6. The predicted molar refractivity (Wildman–Crippen MR) is 185 cm³/mol. The van der Waals surface area contributed by atoms with E-state index in [0.717, 1.165) is 32.3 Å². The SMILES string of the molecule is CCCCC(C)CC(=O)OCC/C=C/C(O)C(O)C1OC(=O)/C=C\C=C\C2(OC)NC(=O)/C(=C(\C)CCC3OC3C1OC(=O)NC(C)=O)[C@H](C)C2=O. The number of imide groups is 1. The molecular formula is C37H52N2O13. The van der Waals surface area contributed by atoms with Gasteiger partial charge in [-0.3, -0.25) is 24.5 Å². The molecule has 0 aromatic carbocycles. The zero-order valence-electron chi connectivity index (χ0n) is 30.6. The largest absolute Gasteiger partial charge is 0.465 e. The molecule has 3 amide bonds. The molecule has 8 unspecified atom stereocenters. The lowest BCUT2D eigenvalue weighted by Crippen LogP contribution is -2.61. The summed E-state index contributed by atoms with van der Waals surface area (Å²) in [7, 11) is 1.26. The highest BCUT2D eigenvalue weighted by atomic mass is 16.7. The number of epoxide rings is 1. The molecule has 0 spiro atoms. The van der Waals surface area contributed by atoms with Crippen molar-refractivity contribution in [3.63, 3.8) is 0 Å². The number of fused-ring (bicyclic) bond motifs is 9. The van der Waals surface area contributed by atoms with Crippen molar-refractivity contribution in [2.75, 3.05) is 13.7 Å². The van der Waals surface area contributed by atoms with Crippen molar-refractivity contribution in [3.8, 4) is 0 Å². The summed E-state index contributed by atoms with van der Waals surface area (Å²) in [6.45, 7) is 8.50. The van der Waals surface area contributed by atoms with Gasteiger partial charge in [0, 0.05) is 32.1 Å². The van der Waals surface area contributed by atoms with Crippen LogP contribution in [0.2, 0.25) is 0 Å². The van der Waals surface area contributed by atoms with Crippen LogP contribution in [0.1, 0.15) is 79.6 Å². The second kappa shape index (κ2) is 19.6. The summed E-state index contributed by atoms with van der Waals surface area (Å²) in [6.07, 6.45) is 1.95. The van der Waals surface area contributed by atoms with Crippen LogP contribution in [0, 0.1) is 11.8 Å². The van der Waals surface area contributed by atoms with Gasteiger partial charge in [-0.2, -0.15) is 0 Å². The van der Waals surface area contributed by atoms with Crippen LogP contribution in [0.15, 0.2) is 47.6 Å². The number of hydrogen-bond acceptors (Lipinski definition) is 13. The van der Waals surface area contributed by atoms with Gasteiger partial charge in [-0.1, -0.05) is 69.9 Å². The molecule has 4 heterocycles. The van der Waals surface area contributed by atoms with E-state index in [4.69, 9.17) is 23.7 Å². The number of unbranched alkanes of at least 4 members (excludes halogenated alkanes) is 1. The Kier molecular flexibility index (Phi) is 15.9. The number of ketones is 1. The predicted octanol–water partition coefficient (Wildman–Crippen LogP) is 2.64. The summed E-state index contributed by atoms with van der Waals surface area (Å²) < 4.78 is 27.6. The van der Waals surface area contributed by atoms with Crippen molar-refractivity contribution >= 4 is 35.6 Å². The highest BCUT2D eigenvalue weighted by Gasteiger charge is 2.54. The van der Waals surface area contributed by atoms with Crippen LogP contribution in [0.25, 0.3) is 0 Å². The molecule has 4 aliphatic heterocycles. The summed E-state index contributed by atoms with van der Waals surface area (Å²) in [5.74, 6) is -3.67. The van der Waals surface area contributed by atoms with E-state index in [0.29, 0.717) is 12.0 Å². The molecule has 0 saturated carbocycles. The van der Waals surface area contributed by atoms with E-state index < -0.39 is 77.9 Å². The zero-order chi connectivity index (χ0) is 38.6. The van der Waals surface area contributed by atoms with Crippen molar-refractivity contribution < 1.29 is 62.7 Å². The van der Waals surface area contributed by atoms with Crippen molar-refractivity contribution in [1.29, 1.82) is 0 Å². The maximum atomic E-state index is 13.4. The van der Waals surface area contributed by atoms with Gasteiger partial charge in [0.1, 0.15) is 18.3 Å². The Bertz CT molecular complexity index is 1450. The number of Topliss-reactive ketones (excluding diaryl/α,β-unsaturated/α-hetero) is 1. The lowest BCUT2D eigenvalue weighted by Gasteiger charge is -2.37. The number of nitrogens with one attached hydrogen (secondary N) is 2. The molecule has 2 bridgehead atoms. The second-order valence-electron chi connectivity index (χ2n) is 13.4. The zero-order valence-corrected chi connectivity index (χ0v) is 30.6. The molecule has 0 aromatic rings. The van der Waals surface area contributed by atoms with Crippen LogP contribution in [-0.2, 0) is 47.7 Å². The Morgan fingerprint density at radius 2 is 1.92 bits per heavy atom. The second-order valence-corrected chi connectivity index (χ2v) is 13.4. The highest BCUT2D eigenvalue weighted by Crippen LogP contribution is 2.37. The number of rotatable bonds is 13. The fourth-order valence-electron chi connectivity index (χ4n) is 6.26. The normalized spacial score (nSPS) is 30.9. The number of methoxy groups -OCH3 is 1. The molecule has 288 valence electrons. The van der Waals surface area contributed by atoms with Crippen LogP contribution in [0.4, 0.5) is 4.79 Å². The summed E-state index contributed by atoms with van der Waals surface area (Å²) >= 11 is 0. The van der Waals surface area contributed by atoms with Gasteiger partial charge >= 0.3 is 18.0 Å². The molecule has 9 atom stereocenters. The van der Waals surface area contributed by atoms with Crippen molar-refractivity contribution in [3.05, 3.63) is 47.6 Å². The third kappa shape index (κ3) is 11.7. The van der Waals surface area contributed by atoms with Crippen LogP contribution >= 0.6 is 0 Å². The maximum absolute atomic E-state index is 13.4. The number of piperidine rings is 1. The van der Waals surface area contributed by atoms with Crippen molar-refractivity contribution in [2.24, 2.45) is 11.8 Å². The van der Waals surface area contributed by atoms with Crippen molar-refractivity contribution in [1.82, 2.24) is 10.6 Å². The monoisotopic (exact) mass is 732 g/mol. The van der Waals surface area contributed by atoms with Gasteiger partial charge in [0.25, 0.3) is 5.91 Å². The molecule has 52 heavy (non-hydrogen) atoms. The number of alkyl carbamates (subject to hydrolysis) is 1. The Morgan fingerprint density at radius 3 is 2.60 bits per heavy atom. The van der Waals surface area contributed by atoms with E-state index in [1.807, 2.05) is 12.2 Å². The number of ether oxygens (including phenoxy) is 5. The minimum atomic E-state index is -1.87. The number of allylic oxidation sites excluding steroid dienone is 3. The van der Waals surface area contributed by atoms with E-state index in [1.165, 1.54) is 37.5 Å². The standard InChI is InChI=1S/C37H52N2O13/c1-7-8-13-21(2)20-28(43)49-19-12-10-14-25(41)30(44)32-33(52-36(47)38-24(5)40)31-26(50-31)17-16-22(3)29-23(4)34(45)37(48-6,39-35(29)46)18-11-9-15-27(42)51-32/h9-11,14-15,18,21,23,25-26,30-33,41,44H,7-8,12-13,16-17,19-20H2,1-6H3,(H,39,46)(H,38,40,47)/b14-10+,15-9-,18-11+,29-22+/t21?,23-,25?,26?,30?,31?,32?,33?,37?/m0/s1. The number of carbonyl (C=O) groups excluding carboxylic acids is 6. The molecule has 2 fully saturated rings. The molecule has 4 aliphatic rings. The maximum Gasteiger partial charge on any atom is 0.414 e. The van der Waals surface area contributed by atoms with Gasteiger partial charge in [0.2, 0.25) is 11.6 Å². The number of aliphatic hydroxyl groups excluding tert-OH is 2. The molecule has 0 radical (unpaired) electrons. The number of aliphatic hydroxyl groups is 2. The first-order chi connectivity index (χ1) is 24.6. The van der Waals surface area contributed by atoms with E-state index in [9.17, 15) is 39.0 Å². The highest BCUT2D eigenvalue weighted by molar-refractivity contribution is 6.10. The summed E-state index contributed by atoms with van der Waals surface area (Å²) in [5, 5.41) is 26.9. The molecule has 15 nitrogen and oxygen atoms in total. The minimum absolute atomic E-state index is 0.0371. The number of hydrogen-bond donors (Lipinski definition) is 4.